The first-order valence-electron chi connectivity index (χ1n) is 5.82. The third-order valence-electron chi connectivity index (χ3n) is 2.62. The van der Waals surface area contributed by atoms with Gasteiger partial charge in [-0.3, -0.25) is 4.79 Å². The highest BCUT2D eigenvalue weighted by molar-refractivity contribution is 9.10. The number of thiocarbonyl (C=S) groups is 1. The van der Waals surface area contributed by atoms with Crippen LogP contribution in [0.3, 0.4) is 0 Å². The topological polar surface area (TPSA) is 68.0 Å². The van der Waals surface area contributed by atoms with Gasteiger partial charge in [0.1, 0.15) is 10.7 Å². The Labute approximate surface area is 130 Å². The number of aryl methyl sites for hydroxylation is 1. The SMILES string of the molecule is Cc1cccc(C(=O)Nc2cc(Br)ccc2C(N)=S)n1. The lowest BCUT2D eigenvalue weighted by Crippen LogP contribution is -2.18. The molecule has 1 aromatic carbocycles. The zero-order valence-electron chi connectivity index (χ0n) is 10.7. The number of hydrogen-bond donors (Lipinski definition) is 2. The summed E-state index contributed by atoms with van der Waals surface area (Å²) in [6.45, 7) is 1.83. The lowest BCUT2D eigenvalue weighted by molar-refractivity contribution is 0.102. The number of anilines is 1. The smallest absolute Gasteiger partial charge is 0.274 e. The summed E-state index contributed by atoms with van der Waals surface area (Å²) in [6.07, 6.45) is 0. The maximum Gasteiger partial charge on any atom is 0.274 e. The van der Waals surface area contributed by atoms with Gasteiger partial charge in [0.25, 0.3) is 5.91 Å². The van der Waals surface area contributed by atoms with E-state index in [0.29, 0.717) is 16.9 Å². The van der Waals surface area contributed by atoms with Crippen molar-refractivity contribution >= 4 is 44.7 Å². The number of aromatic nitrogens is 1. The summed E-state index contributed by atoms with van der Waals surface area (Å²) in [6, 6.07) is 10.6. The molecule has 0 unspecified atom stereocenters. The number of carbonyl (C=O) groups is 1. The van der Waals surface area contributed by atoms with Crippen molar-refractivity contribution < 1.29 is 4.79 Å². The molecule has 2 aromatic rings. The fraction of sp³-hybridized carbons (Fsp3) is 0.0714. The van der Waals surface area contributed by atoms with Crippen molar-refractivity contribution in [3.8, 4) is 0 Å². The summed E-state index contributed by atoms with van der Waals surface area (Å²) in [4.78, 5) is 16.6. The van der Waals surface area contributed by atoms with Gasteiger partial charge in [-0.1, -0.05) is 34.2 Å². The number of rotatable bonds is 3. The van der Waals surface area contributed by atoms with Crippen molar-refractivity contribution in [2.75, 3.05) is 5.32 Å². The van der Waals surface area contributed by atoms with Gasteiger partial charge >= 0.3 is 0 Å². The highest BCUT2D eigenvalue weighted by atomic mass is 79.9. The molecule has 102 valence electrons. The zero-order chi connectivity index (χ0) is 14.7. The largest absolute Gasteiger partial charge is 0.389 e. The number of carbonyl (C=O) groups excluding carboxylic acids is 1. The standard InChI is InChI=1S/C14H12BrN3OS/c1-8-3-2-4-11(17-8)14(19)18-12-7-9(15)5-6-10(12)13(16)20/h2-7H,1H3,(H2,16,20)(H,18,19). The zero-order valence-corrected chi connectivity index (χ0v) is 13.1. The van der Waals surface area contributed by atoms with Gasteiger partial charge in [0.2, 0.25) is 0 Å². The van der Waals surface area contributed by atoms with Gasteiger partial charge in [-0.25, -0.2) is 4.98 Å². The van der Waals surface area contributed by atoms with E-state index >= 15 is 0 Å². The first-order chi connectivity index (χ1) is 9.47. The molecule has 0 saturated carbocycles. The molecule has 1 amide bonds. The van der Waals surface area contributed by atoms with E-state index in [0.717, 1.165) is 10.2 Å². The molecule has 1 heterocycles. The monoisotopic (exact) mass is 349 g/mol. The van der Waals surface area contributed by atoms with Crippen LogP contribution in [0.15, 0.2) is 40.9 Å². The number of pyridine rings is 1. The van der Waals surface area contributed by atoms with E-state index in [2.05, 4.69) is 26.2 Å². The van der Waals surface area contributed by atoms with Crippen molar-refractivity contribution in [1.82, 2.24) is 4.98 Å². The Bertz CT molecular complexity index is 688. The van der Waals surface area contributed by atoms with E-state index in [9.17, 15) is 4.79 Å². The van der Waals surface area contributed by atoms with Gasteiger partial charge in [0.15, 0.2) is 0 Å². The Hall–Kier alpha value is -1.79. The first kappa shape index (κ1) is 14.6. The highest BCUT2D eigenvalue weighted by Gasteiger charge is 2.12. The molecule has 0 aliphatic rings. The van der Waals surface area contributed by atoms with Gasteiger partial charge in [-0.2, -0.15) is 0 Å². The molecular weight excluding hydrogens is 338 g/mol. The van der Waals surface area contributed by atoms with Crippen molar-refractivity contribution in [2.45, 2.75) is 6.92 Å². The van der Waals surface area contributed by atoms with Crippen LogP contribution >= 0.6 is 28.1 Å². The number of nitrogens with two attached hydrogens (primary N) is 1. The number of nitrogens with zero attached hydrogens (tertiary/aromatic N) is 1. The normalized spacial score (nSPS) is 10.1. The molecule has 3 N–H and O–H groups in total. The molecule has 0 bridgehead atoms. The average Bonchev–Trinajstić information content (AvgIpc) is 2.38. The average molecular weight is 350 g/mol. The molecule has 1 aromatic heterocycles. The van der Waals surface area contributed by atoms with E-state index in [4.69, 9.17) is 18.0 Å². The molecule has 0 saturated heterocycles. The number of amides is 1. The quantitative estimate of drug-likeness (QED) is 0.835. The first-order valence-corrected chi connectivity index (χ1v) is 7.02. The Balaban J connectivity index is 2.32. The molecule has 0 radical (unpaired) electrons. The molecule has 20 heavy (non-hydrogen) atoms. The lowest BCUT2D eigenvalue weighted by Gasteiger charge is -2.10. The number of hydrogen-bond acceptors (Lipinski definition) is 3. The van der Waals surface area contributed by atoms with Crippen LogP contribution in [0.25, 0.3) is 0 Å². The Morgan fingerprint density at radius 2 is 2.10 bits per heavy atom. The van der Waals surface area contributed by atoms with Gasteiger partial charge in [0.05, 0.1) is 5.69 Å². The minimum atomic E-state index is -0.302. The second-order valence-electron chi connectivity index (χ2n) is 4.17. The fourth-order valence-electron chi connectivity index (χ4n) is 1.69. The molecule has 0 aliphatic heterocycles. The molecule has 0 atom stereocenters. The van der Waals surface area contributed by atoms with Crippen LogP contribution in [0, 0.1) is 6.92 Å². The third kappa shape index (κ3) is 3.40. The predicted octanol–water partition coefficient (Wildman–Crippen LogP) is 3.04. The van der Waals surface area contributed by atoms with E-state index in [1.54, 1.807) is 24.3 Å². The predicted molar refractivity (Wildman–Crippen MR) is 87.0 cm³/mol. The van der Waals surface area contributed by atoms with Crippen molar-refractivity contribution in [3.63, 3.8) is 0 Å². The number of halogens is 1. The molecule has 4 nitrogen and oxygen atoms in total. The van der Waals surface area contributed by atoms with Gasteiger partial charge in [-0.05, 0) is 37.3 Å². The summed E-state index contributed by atoms with van der Waals surface area (Å²) in [7, 11) is 0. The van der Waals surface area contributed by atoms with Crippen molar-refractivity contribution in [3.05, 3.63) is 57.8 Å². The summed E-state index contributed by atoms with van der Waals surface area (Å²) in [5.41, 5.74) is 7.95. The van der Waals surface area contributed by atoms with E-state index in [-0.39, 0.29) is 10.9 Å². The van der Waals surface area contributed by atoms with Crippen LogP contribution in [0.2, 0.25) is 0 Å². The van der Waals surface area contributed by atoms with Crippen LogP contribution in [-0.4, -0.2) is 15.9 Å². The van der Waals surface area contributed by atoms with Crippen molar-refractivity contribution in [2.24, 2.45) is 5.73 Å². The second kappa shape index (κ2) is 6.11. The Kier molecular flexibility index (Phi) is 4.46. The maximum absolute atomic E-state index is 12.2. The van der Waals surface area contributed by atoms with Crippen LogP contribution < -0.4 is 11.1 Å². The summed E-state index contributed by atoms with van der Waals surface area (Å²) >= 11 is 8.33. The summed E-state index contributed by atoms with van der Waals surface area (Å²) in [5, 5.41) is 2.78. The van der Waals surface area contributed by atoms with Crippen LogP contribution in [0.4, 0.5) is 5.69 Å². The minimum absolute atomic E-state index is 0.227. The molecule has 0 aliphatic carbocycles. The molecule has 6 heteroatoms. The lowest BCUT2D eigenvalue weighted by atomic mass is 10.1. The summed E-state index contributed by atoms with van der Waals surface area (Å²) in [5.74, 6) is -0.302. The number of benzene rings is 1. The molecule has 2 rings (SSSR count). The fourth-order valence-corrected chi connectivity index (χ4v) is 2.23. The van der Waals surface area contributed by atoms with Gasteiger partial charge in [0, 0.05) is 15.7 Å². The van der Waals surface area contributed by atoms with Crippen molar-refractivity contribution in [1.29, 1.82) is 0 Å². The van der Waals surface area contributed by atoms with Crippen LogP contribution in [-0.2, 0) is 0 Å². The van der Waals surface area contributed by atoms with E-state index < -0.39 is 0 Å². The van der Waals surface area contributed by atoms with E-state index in [1.807, 2.05) is 19.1 Å². The third-order valence-corrected chi connectivity index (χ3v) is 3.33. The number of nitrogens with one attached hydrogen (secondary N) is 1. The molecule has 0 spiro atoms. The highest BCUT2D eigenvalue weighted by Crippen LogP contribution is 2.22. The van der Waals surface area contributed by atoms with Crippen LogP contribution in [0.5, 0.6) is 0 Å². The summed E-state index contributed by atoms with van der Waals surface area (Å²) < 4.78 is 0.824. The Morgan fingerprint density at radius 1 is 1.35 bits per heavy atom. The molecular formula is C14H12BrN3OS. The maximum atomic E-state index is 12.2. The van der Waals surface area contributed by atoms with Crippen LogP contribution in [0.1, 0.15) is 21.7 Å². The Morgan fingerprint density at radius 3 is 2.75 bits per heavy atom. The van der Waals surface area contributed by atoms with Gasteiger partial charge in [-0.15, -0.1) is 0 Å². The van der Waals surface area contributed by atoms with Gasteiger partial charge < -0.3 is 11.1 Å². The molecule has 0 fully saturated rings. The minimum Gasteiger partial charge on any atom is -0.389 e. The van der Waals surface area contributed by atoms with E-state index in [1.165, 1.54) is 0 Å². The second-order valence-corrected chi connectivity index (χ2v) is 5.53.